The van der Waals surface area contributed by atoms with Crippen LogP contribution in [0.1, 0.15) is 42.1 Å². The minimum atomic E-state index is -0.767. The molecule has 0 radical (unpaired) electrons. The molecule has 1 aromatic heterocycles. The van der Waals surface area contributed by atoms with Gasteiger partial charge in [-0.2, -0.15) is 0 Å². The van der Waals surface area contributed by atoms with E-state index in [0.717, 1.165) is 36.2 Å². The highest BCUT2D eigenvalue weighted by atomic mass is 16.3. The lowest BCUT2D eigenvalue weighted by Gasteiger charge is -2.35. The lowest BCUT2D eigenvalue weighted by Crippen LogP contribution is -2.39. The second-order valence-corrected chi connectivity index (χ2v) is 7.36. The van der Waals surface area contributed by atoms with Crippen LogP contribution < -0.4 is 15.5 Å². The van der Waals surface area contributed by atoms with Crippen LogP contribution in [0.15, 0.2) is 35.1 Å². The molecular formula is C21H23N3O5. The van der Waals surface area contributed by atoms with Gasteiger partial charge in [0.15, 0.2) is 0 Å². The summed E-state index contributed by atoms with van der Waals surface area (Å²) in [7, 11) is 0. The largest absolute Gasteiger partial charge is 0.472 e. The third kappa shape index (κ3) is 4.02. The number of hydrogen-bond donors (Lipinski definition) is 3. The zero-order chi connectivity index (χ0) is 20.4. The molecule has 152 valence electrons. The van der Waals surface area contributed by atoms with E-state index in [-0.39, 0.29) is 18.9 Å². The molecule has 1 aromatic carbocycles. The number of aryl methyl sites for hydroxylation is 2. The van der Waals surface area contributed by atoms with E-state index in [1.54, 1.807) is 6.07 Å². The van der Waals surface area contributed by atoms with Crippen molar-refractivity contribution in [3.05, 3.63) is 47.4 Å². The Morgan fingerprint density at radius 2 is 1.97 bits per heavy atom. The number of amides is 3. The van der Waals surface area contributed by atoms with Crippen molar-refractivity contribution in [2.45, 2.75) is 38.2 Å². The quantitative estimate of drug-likeness (QED) is 0.665. The first-order chi connectivity index (χ1) is 14.0. The van der Waals surface area contributed by atoms with Crippen molar-refractivity contribution < 1.29 is 23.9 Å². The number of benzene rings is 1. The maximum Gasteiger partial charge on any atom is 0.313 e. The summed E-state index contributed by atoms with van der Waals surface area (Å²) in [6, 6.07) is 5.34. The van der Waals surface area contributed by atoms with E-state index in [1.807, 2.05) is 17.0 Å². The summed E-state index contributed by atoms with van der Waals surface area (Å²) < 4.78 is 4.91. The molecule has 8 heteroatoms. The van der Waals surface area contributed by atoms with Gasteiger partial charge < -0.3 is 25.1 Å². The number of furan rings is 1. The van der Waals surface area contributed by atoms with Crippen molar-refractivity contribution in [1.82, 2.24) is 5.32 Å². The number of nitrogens with zero attached hydrogens (tertiary/aromatic N) is 1. The van der Waals surface area contributed by atoms with Crippen LogP contribution in [0.25, 0.3) is 0 Å². The fourth-order valence-electron chi connectivity index (χ4n) is 3.95. The Kier molecular flexibility index (Phi) is 5.35. The topological polar surface area (TPSA) is 112 Å². The molecule has 2 aliphatic heterocycles. The molecule has 2 aliphatic rings. The van der Waals surface area contributed by atoms with E-state index in [4.69, 9.17) is 4.42 Å². The van der Waals surface area contributed by atoms with E-state index in [2.05, 4.69) is 10.6 Å². The van der Waals surface area contributed by atoms with Gasteiger partial charge >= 0.3 is 11.8 Å². The summed E-state index contributed by atoms with van der Waals surface area (Å²) in [5.41, 5.74) is 4.22. The molecule has 0 spiro atoms. The average Bonchev–Trinajstić information content (AvgIpc) is 3.25. The molecule has 0 bridgehead atoms. The highest BCUT2D eigenvalue weighted by Gasteiger charge is 2.30. The SMILES string of the molecule is O=C(NCCC(O)c1ccoc1)C(=O)Nc1cc2c3c(c1)CCC(=O)N3CCC2. The van der Waals surface area contributed by atoms with Crippen LogP contribution in [0.3, 0.4) is 0 Å². The van der Waals surface area contributed by atoms with Crippen LogP contribution in [0.5, 0.6) is 0 Å². The predicted octanol–water partition coefficient (Wildman–Crippen LogP) is 1.68. The molecule has 1 unspecified atom stereocenters. The van der Waals surface area contributed by atoms with E-state index >= 15 is 0 Å². The summed E-state index contributed by atoms with van der Waals surface area (Å²) in [6.45, 7) is 0.892. The van der Waals surface area contributed by atoms with Crippen molar-refractivity contribution in [3.8, 4) is 0 Å². The Morgan fingerprint density at radius 3 is 2.72 bits per heavy atom. The lowest BCUT2D eigenvalue weighted by atomic mass is 9.91. The van der Waals surface area contributed by atoms with Gasteiger partial charge in [-0.1, -0.05) is 0 Å². The number of carbonyl (C=O) groups is 3. The van der Waals surface area contributed by atoms with Gasteiger partial charge in [-0.05, 0) is 55.0 Å². The van der Waals surface area contributed by atoms with E-state index in [0.29, 0.717) is 24.1 Å². The maximum absolute atomic E-state index is 12.2. The van der Waals surface area contributed by atoms with Crippen molar-refractivity contribution in [2.75, 3.05) is 23.3 Å². The predicted molar refractivity (Wildman–Crippen MR) is 105 cm³/mol. The first kappa shape index (κ1) is 19.2. The molecule has 8 nitrogen and oxygen atoms in total. The zero-order valence-electron chi connectivity index (χ0n) is 15.9. The highest BCUT2D eigenvalue weighted by molar-refractivity contribution is 6.39. The fourth-order valence-corrected chi connectivity index (χ4v) is 3.95. The number of nitrogens with one attached hydrogen (secondary N) is 2. The van der Waals surface area contributed by atoms with Gasteiger partial charge in [0.2, 0.25) is 5.91 Å². The molecular weight excluding hydrogens is 374 g/mol. The summed E-state index contributed by atoms with van der Waals surface area (Å²) in [5.74, 6) is -1.37. The first-order valence-electron chi connectivity index (χ1n) is 9.78. The van der Waals surface area contributed by atoms with Crippen LogP contribution in [0.4, 0.5) is 11.4 Å². The van der Waals surface area contributed by atoms with E-state index < -0.39 is 17.9 Å². The molecule has 2 aromatic rings. The standard InChI is InChI=1S/C21H23N3O5/c25-17(15-6-9-29-12-15)5-7-22-20(27)21(28)23-16-10-13-2-1-8-24-18(26)4-3-14(11-16)19(13)24/h6,9-12,17,25H,1-5,7-8H2,(H,22,27)(H,23,28). The number of rotatable bonds is 5. The fraction of sp³-hybridized carbons (Fsp3) is 0.381. The number of anilines is 2. The van der Waals surface area contributed by atoms with Gasteiger partial charge in [0, 0.05) is 30.8 Å². The highest BCUT2D eigenvalue weighted by Crippen LogP contribution is 2.37. The molecule has 4 rings (SSSR count). The van der Waals surface area contributed by atoms with Crippen molar-refractivity contribution >= 4 is 29.1 Å². The van der Waals surface area contributed by atoms with Crippen LogP contribution >= 0.6 is 0 Å². The second-order valence-electron chi connectivity index (χ2n) is 7.36. The van der Waals surface area contributed by atoms with Crippen LogP contribution in [0, 0.1) is 0 Å². The molecule has 0 saturated carbocycles. The number of aliphatic hydroxyl groups is 1. The Bertz CT molecular complexity index is 921. The third-order valence-electron chi connectivity index (χ3n) is 5.37. The molecule has 0 aliphatic carbocycles. The smallest absolute Gasteiger partial charge is 0.313 e. The molecule has 0 saturated heterocycles. The van der Waals surface area contributed by atoms with Gasteiger partial charge in [0.1, 0.15) is 0 Å². The molecule has 0 fully saturated rings. The van der Waals surface area contributed by atoms with Crippen molar-refractivity contribution in [1.29, 1.82) is 0 Å². The normalized spacial score (nSPS) is 16.2. The van der Waals surface area contributed by atoms with Crippen molar-refractivity contribution in [2.24, 2.45) is 0 Å². The number of hydrogen-bond acceptors (Lipinski definition) is 5. The Balaban J connectivity index is 1.36. The number of aliphatic hydroxyl groups excluding tert-OH is 1. The van der Waals surface area contributed by atoms with Gasteiger partial charge in [0.05, 0.1) is 24.3 Å². The minimum Gasteiger partial charge on any atom is -0.472 e. The van der Waals surface area contributed by atoms with Crippen LogP contribution in [-0.4, -0.2) is 35.9 Å². The molecule has 1 atom stereocenters. The summed E-state index contributed by atoms with van der Waals surface area (Å²) in [4.78, 5) is 38.3. The van der Waals surface area contributed by atoms with E-state index in [1.165, 1.54) is 12.5 Å². The monoisotopic (exact) mass is 397 g/mol. The Hall–Kier alpha value is -3.13. The van der Waals surface area contributed by atoms with Gasteiger partial charge in [-0.25, -0.2) is 0 Å². The zero-order valence-corrected chi connectivity index (χ0v) is 15.9. The third-order valence-corrected chi connectivity index (χ3v) is 5.37. The summed E-state index contributed by atoms with van der Waals surface area (Å²) >= 11 is 0. The molecule has 29 heavy (non-hydrogen) atoms. The summed E-state index contributed by atoms with van der Waals surface area (Å²) in [6.07, 6.45) is 5.23. The van der Waals surface area contributed by atoms with Gasteiger partial charge in [-0.15, -0.1) is 0 Å². The van der Waals surface area contributed by atoms with Gasteiger partial charge in [-0.3, -0.25) is 14.4 Å². The maximum atomic E-state index is 12.2. The van der Waals surface area contributed by atoms with Gasteiger partial charge in [0.25, 0.3) is 0 Å². The first-order valence-corrected chi connectivity index (χ1v) is 9.78. The Labute approximate surface area is 167 Å². The van der Waals surface area contributed by atoms with Crippen LogP contribution in [0.2, 0.25) is 0 Å². The number of carbonyl (C=O) groups excluding carboxylic acids is 3. The average molecular weight is 397 g/mol. The molecule has 3 heterocycles. The molecule has 3 amide bonds. The van der Waals surface area contributed by atoms with Crippen molar-refractivity contribution in [3.63, 3.8) is 0 Å². The Morgan fingerprint density at radius 1 is 1.17 bits per heavy atom. The minimum absolute atomic E-state index is 0.146. The molecule has 3 N–H and O–H groups in total. The van der Waals surface area contributed by atoms with E-state index in [9.17, 15) is 19.5 Å². The second kappa shape index (κ2) is 8.08. The van der Waals surface area contributed by atoms with Crippen LogP contribution in [-0.2, 0) is 27.2 Å². The lowest BCUT2D eigenvalue weighted by molar-refractivity contribution is -0.136. The summed E-state index contributed by atoms with van der Waals surface area (Å²) in [5, 5.41) is 15.1.